The predicted molar refractivity (Wildman–Crippen MR) is 129 cm³/mol. The number of aromatic nitrogens is 1. The van der Waals surface area contributed by atoms with E-state index in [1.807, 2.05) is 42.6 Å². The van der Waals surface area contributed by atoms with Crippen molar-refractivity contribution in [3.05, 3.63) is 75.7 Å². The van der Waals surface area contributed by atoms with E-state index in [1.54, 1.807) is 30.6 Å². The fourth-order valence-electron chi connectivity index (χ4n) is 3.60. The molecule has 3 rings (SSSR count). The van der Waals surface area contributed by atoms with Gasteiger partial charge in [0.25, 0.3) is 5.91 Å². The highest BCUT2D eigenvalue weighted by Gasteiger charge is 2.20. The van der Waals surface area contributed by atoms with Crippen molar-refractivity contribution in [3.63, 3.8) is 0 Å². The number of benzene rings is 2. The van der Waals surface area contributed by atoms with Crippen molar-refractivity contribution in [3.8, 4) is 11.5 Å². The van der Waals surface area contributed by atoms with Crippen LogP contribution in [0.4, 0.5) is 0 Å². The first-order valence-corrected chi connectivity index (χ1v) is 11.7. The summed E-state index contributed by atoms with van der Waals surface area (Å²) in [6, 6.07) is 15.3. The summed E-state index contributed by atoms with van der Waals surface area (Å²) in [6.07, 6.45) is 0. The molecule has 170 valence electrons. The first-order valence-electron chi connectivity index (χ1n) is 10.8. The molecule has 1 N–H and O–H groups in total. The van der Waals surface area contributed by atoms with Gasteiger partial charge in [-0.25, -0.2) is 4.98 Å². The summed E-state index contributed by atoms with van der Waals surface area (Å²) in [5.41, 5.74) is 2.63. The minimum absolute atomic E-state index is 0.0632. The minimum atomic E-state index is -0.105. The van der Waals surface area contributed by atoms with E-state index in [9.17, 15) is 4.79 Å². The van der Waals surface area contributed by atoms with Gasteiger partial charge in [0.2, 0.25) is 0 Å². The number of nitrogens with zero attached hydrogens (tertiary/aromatic N) is 2. The molecule has 0 aliphatic rings. The minimum Gasteiger partial charge on any atom is -0.497 e. The fraction of sp³-hybridized carbons (Fsp3) is 0.360. The van der Waals surface area contributed by atoms with Gasteiger partial charge in [-0.1, -0.05) is 26.0 Å². The number of likely N-dealkylation sites (N-methyl/N-ethyl adjacent to an activating group) is 1. The molecule has 3 aromatic rings. The molecular weight excluding hydrogens is 422 g/mol. The summed E-state index contributed by atoms with van der Waals surface area (Å²) in [5, 5.41) is 6.11. The lowest BCUT2D eigenvalue weighted by atomic mass is 10.0. The number of ether oxygens (including phenoxy) is 2. The molecule has 1 amide bonds. The van der Waals surface area contributed by atoms with Crippen LogP contribution < -0.4 is 14.8 Å². The summed E-state index contributed by atoms with van der Waals surface area (Å²) >= 11 is 1.60. The highest BCUT2D eigenvalue weighted by molar-refractivity contribution is 7.09. The Balaban J connectivity index is 1.62. The number of methoxy groups -OCH3 is 1. The third-order valence-corrected chi connectivity index (χ3v) is 6.18. The summed E-state index contributed by atoms with van der Waals surface area (Å²) in [7, 11) is 1.67. The van der Waals surface area contributed by atoms with E-state index in [0.717, 1.165) is 35.1 Å². The molecule has 1 atom stereocenters. The lowest BCUT2D eigenvalue weighted by molar-refractivity contribution is 0.0935. The Bertz CT molecular complexity index is 1000. The monoisotopic (exact) mass is 453 g/mol. The van der Waals surface area contributed by atoms with Gasteiger partial charge in [-0.3, -0.25) is 9.69 Å². The summed E-state index contributed by atoms with van der Waals surface area (Å²) < 4.78 is 11.2. The second-order valence-corrected chi connectivity index (χ2v) is 8.46. The number of hydrogen-bond acceptors (Lipinski definition) is 6. The number of thiazole rings is 1. The molecule has 0 aliphatic heterocycles. The lowest BCUT2D eigenvalue weighted by Crippen LogP contribution is -2.38. The van der Waals surface area contributed by atoms with Gasteiger partial charge in [0.05, 0.1) is 23.9 Å². The van der Waals surface area contributed by atoms with Gasteiger partial charge in [-0.05, 0) is 62.0 Å². The van der Waals surface area contributed by atoms with E-state index in [4.69, 9.17) is 9.47 Å². The van der Waals surface area contributed by atoms with Crippen LogP contribution in [0.15, 0.2) is 53.9 Å². The number of nitrogens with one attached hydrogen (secondary N) is 1. The van der Waals surface area contributed by atoms with Crippen LogP contribution in [0.1, 0.15) is 46.5 Å². The number of aryl methyl sites for hydroxylation is 1. The van der Waals surface area contributed by atoms with Crippen molar-refractivity contribution < 1.29 is 14.3 Å². The van der Waals surface area contributed by atoms with Crippen LogP contribution >= 0.6 is 11.3 Å². The SMILES string of the molecule is CCN(CC)C(CNC(=O)c1ccc(OCc2csc(C)n2)cc1)c1cccc(OC)c1. The number of rotatable bonds is 11. The van der Waals surface area contributed by atoms with Gasteiger partial charge in [-0.15, -0.1) is 11.3 Å². The van der Waals surface area contributed by atoms with E-state index in [0.29, 0.717) is 24.5 Å². The molecule has 1 heterocycles. The topological polar surface area (TPSA) is 63.7 Å². The maximum Gasteiger partial charge on any atom is 0.251 e. The Morgan fingerprint density at radius 1 is 1.12 bits per heavy atom. The van der Waals surface area contributed by atoms with Crippen LogP contribution in [0.2, 0.25) is 0 Å². The third kappa shape index (κ3) is 6.31. The van der Waals surface area contributed by atoms with Gasteiger partial charge in [-0.2, -0.15) is 0 Å². The van der Waals surface area contributed by atoms with E-state index < -0.39 is 0 Å². The zero-order chi connectivity index (χ0) is 22.9. The normalized spacial score (nSPS) is 11.9. The van der Waals surface area contributed by atoms with E-state index >= 15 is 0 Å². The maximum atomic E-state index is 12.8. The van der Waals surface area contributed by atoms with Crippen LogP contribution in [-0.4, -0.2) is 42.5 Å². The van der Waals surface area contributed by atoms with Crippen molar-refractivity contribution >= 4 is 17.2 Å². The number of amides is 1. The number of carbonyl (C=O) groups excluding carboxylic acids is 1. The predicted octanol–water partition coefficient (Wildman–Crippen LogP) is 4.85. The van der Waals surface area contributed by atoms with Crippen LogP contribution in [0.5, 0.6) is 11.5 Å². The van der Waals surface area contributed by atoms with Crippen LogP contribution in [-0.2, 0) is 6.61 Å². The van der Waals surface area contributed by atoms with Crippen molar-refractivity contribution in [1.29, 1.82) is 0 Å². The summed E-state index contributed by atoms with van der Waals surface area (Å²) in [4.78, 5) is 19.5. The second kappa shape index (κ2) is 11.6. The van der Waals surface area contributed by atoms with Crippen LogP contribution in [0.25, 0.3) is 0 Å². The van der Waals surface area contributed by atoms with Crippen molar-refractivity contribution in [2.75, 3.05) is 26.7 Å². The van der Waals surface area contributed by atoms with Gasteiger partial charge in [0, 0.05) is 17.5 Å². The molecule has 6 nitrogen and oxygen atoms in total. The quantitative estimate of drug-likeness (QED) is 0.450. The zero-order valence-corrected chi connectivity index (χ0v) is 19.9. The van der Waals surface area contributed by atoms with E-state index in [2.05, 4.69) is 35.1 Å². The second-order valence-electron chi connectivity index (χ2n) is 7.39. The maximum absolute atomic E-state index is 12.8. The Kier molecular flexibility index (Phi) is 8.64. The Morgan fingerprint density at radius 2 is 1.88 bits per heavy atom. The standard InChI is InChI=1S/C25H31N3O3S/c1-5-28(6-2)24(20-8-7-9-23(14-20)30-4)15-26-25(29)19-10-12-22(13-11-19)31-16-21-17-32-18(3)27-21/h7-14,17,24H,5-6,15-16H2,1-4H3,(H,26,29). The van der Waals surface area contributed by atoms with Crippen molar-refractivity contribution in [1.82, 2.24) is 15.2 Å². The molecule has 1 unspecified atom stereocenters. The average Bonchev–Trinajstić information content (AvgIpc) is 3.25. The molecule has 1 aromatic heterocycles. The highest BCUT2D eigenvalue weighted by atomic mass is 32.1. The first-order chi connectivity index (χ1) is 15.5. The van der Waals surface area contributed by atoms with Gasteiger partial charge < -0.3 is 14.8 Å². The molecule has 7 heteroatoms. The van der Waals surface area contributed by atoms with E-state index in [1.165, 1.54) is 0 Å². The first kappa shape index (κ1) is 23.8. The zero-order valence-electron chi connectivity index (χ0n) is 19.1. The largest absolute Gasteiger partial charge is 0.497 e. The molecule has 0 radical (unpaired) electrons. The molecule has 0 spiro atoms. The van der Waals surface area contributed by atoms with Crippen LogP contribution in [0.3, 0.4) is 0 Å². The molecule has 32 heavy (non-hydrogen) atoms. The molecule has 0 saturated carbocycles. The number of hydrogen-bond donors (Lipinski definition) is 1. The Hall–Kier alpha value is -2.90. The van der Waals surface area contributed by atoms with Gasteiger partial charge in [0.1, 0.15) is 18.1 Å². The van der Waals surface area contributed by atoms with E-state index in [-0.39, 0.29) is 11.9 Å². The molecule has 0 bridgehead atoms. The molecule has 2 aromatic carbocycles. The van der Waals surface area contributed by atoms with Gasteiger partial charge in [0.15, 0.2) is 0 Å². The van der Waals surface area contributed by atoms with Crippen LogP contribution in [0, 0.1) is 6.92 Å². The fourth-order valence-corrected chi connectivity index (χ4v) is 4.19. The van der Waals surface area contributed by atoms with Gasteiger partial charge >= 0.3 is 0 Å². The Morgan fingerprint density at radius 3 is 2.50 bits per heavy atom. The molecular formula is C25H31N3O3S. The van der Waals surface area contributed by atoms with Crippen molar-refractivity contribution in [2.45, 2.75) is 33.4 Å². The molecule has 0 fully saturated rings. The molecule has 0 saturated heterocycles. The Labute approximate surface area is 194 Å². The summed E-state index contributed by atoms with van der Waals surface area (Å²) in [6.45, 7) is 8.93. The lowest BCUT2D eigenvalue weighted by Gasteiger charge is -2.30. The average molecular weight is 454 g/mol. The number of carbonyl (C=O) groups is 1. The molecule has 0 aliphatic carbocycles. The summed E-state index contributed by atoms with van der Waals surface area (Å²) in [5.74, 6) is 1.42. The third-order valence-electron chi connectivity index (χ3n) is 5.36. The highest BCUT2D eigenvalue weighted by Crippen LogP contribution is 2.24. The van der Waals surface area contributed by atoms with Crippen molar-refractivity contribution in [2.24, 2.45) is 0 Å². The smallest absolute Gasteiger partial charge is 0.251 e.